The van der Waals surface area contributed by atoms with Crippen molar-refractivity contribution < 1.29 is 48.1 Å². The van der Waals surface area contributed by atoms with Gasteiger partial charge in [0.05, 0.1) is 0 Å². The number of esters is 1. The van der Waals surface area contributed by atoms with E-state index in [-0.39, 0.29) is 37.5 Å². The summed E-state index contributed by atoms with van der Waals surface area (Å²) in [4.78, 5) is 78.3. The summed E-state index contributed by atoms with van der Waals surface area (Å²) >= 11 is 0. The second kappa shape index (κ2) is 30.4. The van der Waals surface area contributed by atoms with Crippen molar-refractivity contribution in [2.24, 2.45) is 5.73 Å². The van der Waals surface area contributed by atoms with Gasteiger partial charge in [0.25, 0.3) is 0 Å². The summed E-state index contributed by atoms with van der Waals surface area (Å²) in [5.74, 6) is -1.84. The quantitative estimate of drug-likeness (QED) is 0.0300. The van der Waals surface area contributed by atoms with Crippen LogP contribution in [0.2, 0.25) is 0 Å². The Morgan fingerprint density at radius 2 is 0.932 bits per heavy atom. The molecular weight excluding hydrogens is 759 g/mol. The zero-order chi connectivity index (χ0) is 44.9. The highest BCUT2D eigenvalue weighted by Crippen LogP contribution is 2.16. The van der Waals surface area contributed by atoms with Gasteiger partial charge in [-0.2, -0.15) is 0 Å². The number of nitrogens with two attached hydrogens (primary N) is 1. The van der Waals surface area contributed by atoms with Crippen molar-refractivity contribution in [1.82, 2.24) is 20.4 Å². The van der Waals surface area contributed by atoms with Gasteiger partial charge in [0, 0.05) is 52.0 Å². The average Bonchev–Trinajstić information content (AvgIpc) is 3.09. The number of hydrogen-bond acceptors (Lipinski definition) is 10. The summed E-state index contributed by atoms with van der Waals surface area (Å²) in [6.07, 6.45) is 13.3. The molecule has 0 aliphatic rings. The van der Waals surface area contributed by atoms with E-state index in [4.69, 9.17) is 25.1 Å². The predicted molar refractivity (Wildman–Crippen MR) is 231 cm³/mol. The average molecular weight is 842 g/mol. The molecule has 15 heteroatoms. The largest absolute Gasteiger partial charge is 0.481 e. The molecule has 0 spiro atoms. The van der Waals surface area contributed by atoms with Crippen LogP contribution in [0.5, 0.6) is 0 Å². The molecule has 0 unspecified atom stereocenters. The molecule has 0 radical (unpaired) electrons. The summed E-state index contributed by atoms with van der Waals surface area (Å²) in [5.41, 5.74) is 3.62. The fourth-order valence-corrected chi connectivity index (χ4v) is 6.03. The number of ether oxygens (including phenoxy) is 3. The number of carbonyl (C=O) groups excluding carboxylic acids is 5. The number of carbonyl (C=O) groups is 6. The smallest absolute Gasteiger partial charge is 0.410 e. The molecular formula is C44H83N5O10. The highest BCUT2D eigenvalue weighted by atomic mass is 16.6. The Kier molecular flexibility index (Phi) is 28.5. The summed E-state index contributed by atoms with van der Waals surface area (Å²) in [7, 11) is 0. The Hall–Kier alpha value is -3.62. The highest BCUT2D eigenvalue weighted by molar-refractivity contribution is 5.85. The van der Waals surface area contributed by atoms with Crippen LogP contribution in [0.4, 0.5) is 9.59 Å². The van der Waals surface area contributed by atoms with Crippen LogP contribution in [0.1, 0.15) is 184 Å². The van der Waals surface area contributed by atoms with Crippen LogP contribution in [-0.4, -0.2) is 113 Å². The van der Waals surface area contributed by atoms with E-state index in [1.807, 2.05) is 20.8 Å². The van der Waals surface area contributed by atoms with Crippen molar-refractivity contribution >= 4 is 35.9 Å². The van der Waals surface area contributed by atoms with Crippen molar-refractivity contribution in [2.75, 3.05) is 39.3 Å². The van der Waals surface area contributed by atoms with Crippen LogP contribution in [0.15, 0.2) is 0 Å². The van der Waals surface area contributed by atoms with Gasteiger partial charge in [-0.15, -0.1) is 0 Å². The summed E-state index contributed by atoms with van der Waals surface area (Å²) < 4.78 is 16.7. The van der Waals surface area contributed by atoms with Crippen LogP contribution in [-0.2, 0) is 33.4 Å². The molecule has 0 bridgehead atoms. The molecule has 0 saturated heterocycles. The van der Waals surface area contributed by atoms with E-state index in [0.717, 1.165) is 64.2 Å². The van der Waals surface area contributed by atoms with E-state index in [0.29, 0.717) is 71.4 Å². The van der Waals surface area contributed by atoms with Gasteiger partial charge in [-0.1, -0.05) is 57.8 Å². The van der Waals surface area contributed by atoms with Crippen molar-refractivity contribution in [2.45, 2.75) is 207 Å². The molecule has 0 heterocycles. The van der Waals surface area contributed by atoms with Crippen LogP contribution < -0.4 is 16.4 Å². The fraction of sp³-hybridized carbons (Fsp3) is 0.864. The number of hydrogen-bond donors (Lipinski definition) is 4. The molecule has 5 N–H and O–H groups in total. The van der Waals surface area contributed by atoms with Crippen LogP contribution in [0.3, 0.4) is 0 Å². The maximum absolute atomic E-state index is 13.1. The lowest BCUT2D eigenvalue weighted by atomic mass is 10.0. The van der Waals surface area contributed by atoms with Gasteiger partial charge in [0.2, 0.25) is 11.8 Å². The van der Waals surface area contributed by atoms with Gasteiger partial charge in [-0.05, 0) is 114 Å². The first-order chi connectivity index (χ1) is 27.5. The Balaban J connectivity index is 4.88. The Labute approximate surface area is 355 Å². The van der Waals surface area contributed by atoms with E-state index in [9.17, 15) is 28.8 Å². The zero-order valence-corrected chi connectivity index (χ0v) is 38.3. The topological polar surface area (TPSA) is 207 Å². The molecule has 0 fully saturated rings. The van der Waals surface area contributed by atoms with Crippen molar-refractivity contribution in [3.63, 3.8) is 0 Å². The van der Waals surface area contributed by atoms with Crippen LogP contribution in [0.25, 0.3) is 0 Å². The molecule has 0 aromatic carbocycles. The normalized spacial score (nSPS) is 12.3. The van der Waals surface area contributed by atoms with E-state index < -0.39 is 47.0 Å². The SMILES string of the molecule is CC(C)(C)OC(=O)[C@H](CCC(=O)NCCCN(CCCCN(CCCN)C(=O)OC(C)(C)C)C(=O)OC(C)(C)C)NC(=O)CCCCCCCCCCCCCC(=O)O. The van der Waals surface area contributed by atoms with Gasteiger partial charge in [0.15, 0.2) is 0 Å². The van der Waals surface area contributed by atoms with Gasteiger partial charge >= 0.3 is 24.1 Å². The van der Waals surface area contributed by atoms with Gasteiger partial charge < -0.3 is 45.5 Å². The lowest BCUT2D eigenvalue weighted by Gasteiger charge is -2.29. The van der Waals surface area contributed by atoms with E-state index in [2.05, 4.69) is 10.6 Å². The molecule has 0 aromatic rings. The van der Waals surface area contributed by atoms with Gasteiger partial charge in [-0.25, -0.2) is 14.4 Å². The number of unbranched alkanes of at least 4 members (excludes halogenated alkanes) is 11. The number of amides is 4. The Morgan fingerprint density at radius 1 is 0.525 bits per heavy atom. The number of nitrogens with one attached hydrogen (secondary N) is 2. The zero-order valence-electron chi connectivity index (χ0n) is 38.3. The van der Waals surface area contributed by atoms with Gasteiger partial charge in [-0.3, -0.25) is 14.4 Å². The monoisotopic (exact) mass is 842 g/mol. The third-order valence-electron chi connectivity index (χ3n) is 8.95. The van der Waals surface area contributed by atoms with Crippen LogP contribution >= 0.6 is 0 Å². The number of carboxylic acids is 1. The Morgan fingerprint density at radius 3 is 1.36 bits per heavy atom. The molecule has 15 nitrogen and oxygen atoms in total. The van der Waals surface area contributed by atoms with Crippen molar-refractivity contribution in [3.05, 3.63) is 0 Å². The maximum atomic E-state index is 13.1. The standard InChI is InChI=1S/C44H83N5O10/c1-42(2,3)57-39(54)35(47-37(51)25-19-17-15-13-11-10-12-14-16-18-20-26-38(52)53)27-28-36(50)46-30-24-34-49(41(56)59-44(7,8)9)32-22-21-31-48(33-23-29-45)40(55)58-43(4,5)6/h35H,10-34,45H2,1-9H3,(H,46,50)(H,47,51)(H,52,53)/t35-/m0/s1. The van der Waals surface area contributed by atoms with E-state index >= 15 is 0 Å². The Bertz CT molecular complexity index is 1230. The minimum atomic E-state index is -0.958. The van der Waals surface area contributed by atoms with Crippen molar-refractivity contribution in [3.8, 4) is 0 Å². The minimum absolute atomic E-state index is 0.000604. The van der Waals surface area contributed by atoms with Crippen molar-refractivity contribution in [1.29, 1.82) is 0 Å². The molecule has 1 atom stereocenters. The molecule has 344 valence electrons. The van der Waals surface area contributed by atoms with Crippen LogP contribution in [0, 0.1) is 0 Å². The molecule has 59 heavy (non-hydrogen) atoms. The third-order valence-corrected chi connectivity index (χ3v) is 8.95. The first kappa shape index (κ1) is 55.4. The number of nitrogens with zero attached hydrogens (tertiary/aromatic N) is 2. The molecule has 0 aromatic heterocycles. The van der Waals surface area contributed by atoms with E-state index in [1.54, 1.807) is 51.3 Å². The first-order valence-electron chi connectivity index (χ1n) is 22.2. The molecule has 0 saturated carbocycles. The number of carboxylic acid groups (broad SMARTS) is 1. The summed E-state index contributed by atoms with van der Waals surface area (Å²) in [6, 6.07) is -0.958. The molecule has 0 aliphatic carbocycles. The summed E-state index contributed by atoms with van der Waals surface area (Å²) in [5, 5.41) is 14.4. The summed E-state index contributed by atoms with van der Waals surface area (Å²) in [6.45, 7) is 18.6. The highest BCUT2D eigenvalue weighted by Gasteiger charge is 2.28. The first-order valence-corrected chi connectivity index (χ1v) is 22.2. The predicted octanol–water partition coefficient (Wildman–Crippen LogP) is 7.86. The second-order valence-electron chi connectivity index (χ2n) is 18.5. The number of rotatable bonds is 31. The molecule has 0 aliphatic heterocycles. The molecule has 0 rings (SSSR count). The molecule has 4 amide bonds. The maximum Gasteiger partial charge on any atom is 0.410 e. The second-order valence-corrected chi connectivity index (χ2v) is 18.5. The lowest BCUT2D eigenvalue weighted by molar-refractivity contribution is -0.159. The third kappa shape index (κ3) is 33.9. The van der Waals surface area contributed by atoms with E-state index in [1.165, 1.54) is 0 Å². The number of aliphatic carboxylic acids is 1. The fourth-order valence-electron chi connectivity index (χ4n) is 6.03. The van der Waals surface area contributed by atoms with Gasteiger partial charge in [0.1, 0.15) is 22.8 Å². The minimum Gasteiger partial charge on any atom is -0.481 e. The lowest BCUT2D eigenvalue weighted by Crippen LogP contribution is -2.44.